The van der Waals surface area contributed by atoms with Gasteiger partial charge in [0.05, 0.1) is 16.9 Å². The molecule has 1 amide bonds. The number of benzene rings is 1. The number of anilines is 2. The van der Waals surface area contributed by atoms with Gasteiger partial charge in [-0.15, -0.1) is 0 Å². The van der Waals surface area contributed by atoms with Crippen LogP contribution in [0.15, 0.2) is 18.2 Å². The summed E-state index contributed by atoms with van der Waals surface area (Å²) in [5.41, 5.74) is 2.48. The van der Waals surface area contributed by atoms with Crippen LogP contribution in [-0.2, 0) is 10.8 Å². The third-order valence-electron chi connectivity index (χ3n) is 3.45. The normalized spacial score (nSPS) is 16.3. The second-order valence-electron chi connectivity index (χ2n) is 4.94. The van der Waals surface area contributed by atoms with Gasteiger partial charge < -0.3 is 16.0 Å². The van der Waals surface area contributed by atoms with Crippen molar-refractivity contribution in [3.63, 3.8) is 0 Å². The standard InChI is InChI=1S/C14H21N3O2S/c1-10(20(2)19)6-7-17-14(18)11-4-3-5-12-13(11)16-9-8-15-12/h3-5,10,15-16H,6-9H2,1-2H3,(H,17,18). The summed E-state index contributed by atoms with van der Waals surface area (Å²) in [6, 6.07) is 5.65. The van der Waals surface area contributed by atoms with E-state index in [1.54, 1.807) is 6.26 Å². The molecular formula is C14H21N3O2S. The monoisotopic (exact) mass is 295 g/mol. The molecule has 3 N–H and O–H groups in total. The molecule has 0 saturated heterocycles. The van der Waals surface area contributed by atoms with Crippen LogP contribution in [0.2, 0.25) is 0 Å². The SMILES string of the molecule is CC(CCNC(=O)c1cccc2c1NCCN2)S(C)=O. The van der Waals surface area contributed by atoms with Crippen molar-refractivity contribution >= 4 is 28.1 Å². The number of fused-ring (bicyclic) bond motifs is 1. The van der Waals surface area contributed by atoms with E-state index in [0.29, 0.717) is 12.1 Å². The van der Waals surface area contributed by atoms with Crippen molar-refractivity contribution in [3.05, 3.63) is 23.8 Å². The summed E-state index contributed by atoms with van der Waals surface area (Å²) in [6.45, 7) is 4.13. The van der Waals surface area contributed by atoms with E-state index in [0.717, 1.165) is 30.9 Å². The highest BCUT2D eigenvalue weighted by molar-refractivity contribution is 7.84. The number of carbonyl (C=O) groups is 1. The van der Waals surface area contributed by atoms with E-state index in [9.17, 15) is 9.00 Å². The van der Waals surface area contributed by atoms with Crippen molar-refractivity contribution in [1.82, 2.24) is 5.32 Å². The molecule has 0 saturated carbocycles. The number of hydrogen-bond acceptors (Lipinski definition) is 4. The average molecular weight is 295 g/mol. The first kappa shape index (κ1) is 14.8. The van der Waals surface area contributed by atoms with Crippen molar-refractivity contribution in [2.45, 2.75) is 18.6 Å². The van der Waals surface area contributed by atoms with Crippen LogP contribution in [0.5, 0.6) is 0 Å². The van der Waals surface area contributed by atoms with E-state index >= 15 is 0 Å². The lowest BCUT2D eigenvalue weighted by Crippen LogP contribution is -2.30. The molecule has 0 aromatic heterocycles. The van der Waals surface area contributed by atoms with Crippen LogP contribution in [0.4, 0.5) is 11.4 Å². The number of amides is 1. The average Bonchev–Trinajstić information content (AvgIpc) is 2.46. The summed E-state index contributed by atoms with van der Waals surface area (Å²) < 4.78 is 11.3. The van der Waals surface area contributed by atoms with E-state index in [4.69, 9.17) is 0 Å². The zero-order chi connectivity index (χ0) is 14.5. The van der Waals surface area contributed by atoms with Crippen LogP contribution in [0.25, 0.3) is 0 Å². The van der Waals surface area contributed by atoms with E-state index in [1.807, 2.05) is 25.1 Å². The molecule has 110 valence electrons. The second kappa shape index (κ2) is 6.74. The van der Waals surface area contributed by atoms with Gasteiger partial charge in [0, 0.05) is 41.9 Å². The minimum absolute atomic E-state index is 0.0906. The second-order valence-corrected chi connectivity index (χ2v) is 6.74. The summed E-state index contributed by atoms with van der Waals surface area (Å²) >= 11 is 0. The summed E-state index contributed by atoms with van der Waals surface area (Å²) in [5.74, 6) is -0.0906. The van der Waals surface area contributed by atoms with Gasteiger partial charge in [-0.2, -0.15) is 0 Å². The van der Waals surface area contributed by atoms with E-state index < -0.39 is 10.8 Å². The maximum absolute atomic E-state index is 12.2. The Bertz CT molecular complexity index is 519. The molecule has 0 spiro atoms. The number of hydrogen-bond donors (Lipinski definition) is 3. The van der Waals surface area contributed by atoms with Gasteiger partial charge in [0.1, 0.15) is 0 Å². The highest BCUT2D eigenvalue weighted by Gasteiger charge is 2.17. The Morgan fingerprint density at radius 1 is 1.40 bits per heavy atom. The van der Waals surface area contributed by atoms with Crippen LogP contribution < -0.4 is 16.0 Å². The number of nitrogens with one attached hydrogen (secondary N) is 3. The fourth-order valence-corrected chi connectivity index (χ4v) is 2.56. The molecule has 1 aromatic carbocycles. The fourth-order valence-electron chi connectivity index (χ4n) is 2.11. The van der Waals surface area contributed by atoms with Crippen LogP contribution in [0.3, 0.4) is 0 Å². The Balaban J connectivity index is 1.98. The number of rotatable bonds is 5. The first-order valence-electron chi connectivity index (χ1n) is 6.81. The van der Waals surface area contributed by atoms with Gasteiger partial charge >= 0.3 is 0 Å². The van der Waals surface area contributed by atoms with Crippen LogP contribution >= 0.6 is 0 Å². The van der Waals surface area contributed by atoms with Gasteiger partial charge in [0.15, 0.2) is 0 Å². The predicted octanol–water partition coefficient (Wildman–Crippen LogP) is 1.41. The first-order valence-corrected chi connectivity index (χ1v) is 8.43. The zero-order valence-electron chi connectivity index (χ0n) is 11.9. The van der Waals surface area contributed by atoms with Crippen molar-refractivity contribution in [1.29, 1.82) is 0 Å². The minimum Gasteiger partial charge on any atom is -0.382 e. The maximum Gasteiger partial charge on any atom is 0.253 e. The first-order chi connectivity index (χ1) is 9.59. The molecule has 1 aliphatic heterocycles. The van der Waals surface area contributed by atoms with Gasteiger partial charge in [-0.1, -0.05) is 13.0 Å². The van der Waals surface area contributed by atoms with Gasteiger partial charge in [0.2, 0.25) is 0 Å². The quantitative estimate of drug-likeness (QED) is 0.768. The topological polar surface area (TPSA) is 70.2 Å². The lowest BCUT2D eigenvalue weighted by atomic mass is 10.1. The maximum atomic E-state index is 12.2. The summed E-state index contributed by atoms with van der Waals surface area (Å²) in [6.07, 6.45) is 2.41. The summed E-state index contributed by atoms with van der Waals surface area (Å²) in [4.78, 5) is 12.2. The fraction of sp³-hybridized carbons (Fsp3) is 0.500. The molecule has 5 nitrogen and oxygen atoms in total. The van der Waals surface area contributed by atoms with Gasteiger partial charge in [-0.05, 0) is 18.6 Å². The molecule has 0 bridgehead atoms. The highest BCUT2D eigenvalue weighted by atomic mass is 32.2. The van der Waals surface area contributed by atoms with Gasteiger partial charge in [-0.25, -0.2) is 0 Å². The van der Waals surface area contributed by atoms with Crippen LogP contribution in [0.1, 0.15) is 23.7 Å². The molecule has 20 heavy (non-hydrogen) atoms. The van der Waals surface area contributed by atoms with E-state index in [2.05, 4.69) is 16.0 Å². The third kappa shape index (κ3) is 3.50. The molecule has 0 radical (unpaired) electrons. The molecule has 1 aromatic rings. The van der Waals surface area contributed by atoms with Crippen molar-refractivity contribution in [3.8, 4) is 0 Å². The number of para-hydroxylation sites is 1. The molecule has 0 fully saturated rings. The lowest BCUT2D eigenvalue weighted by Gasteiger charge is -2.22. The minimum atomic E-state index is -0.845. The summed E-state index contributed by atoms with van der Waals surface area (Å²) in [5, 5.41) is 9.51. The largest absolute Gasteiger partial charge is 0.382 e. The molecule has 2 unspecified atom stereocenters. The molecule has 6 heteroatoms. The Morgan fingerprint density at radius 2 is 2.15 bits per heavy atom. The molecular weight excluding hydrogens is 274 g/mol. The van der Waals surface area contributed by atoms with Crippen molar-refractivity contribution in [2.75, 3.05) is 36.5 Å². The Hall–Kier alpha value is -1.56. The van der Waals surface area contributed by atoms with Crippen molar-refractivity contribution < 1.29 is 9.00 Å². The third-order valence-corrected chi connectivity index (χ3v) is 4.82. The van der Waals surface area contributed by atoms with Gasteiger partial charge in [0.25, 0.3) is 5.91 Å². The Morgan fingerprint density at radius 3 is 2.90 bits per heavy atom. The predicted molar refractivity (Wildman–Crippen MR) is 83.9 cm³/mol. The number of carbonyl (C=O) groups excluding carboxylic acids is 1. The van der Waals surface area contributed by atoms with Crippen LogP contribution in [-0.4, -0.2) is 41.3 Å². The molecule has 2 atom stereocenters. The Kier molecular flexibility index (Phi) is 5.00. The smallest absolute Gasteiger partial charge is 0.253 e. The zero-order valence-corrected chi connectivity index (χ0v) is 12.7. The molecule has 1 heterocycles. The van der Waals surface area contributed by atoms with Gasteiger partial charge in [-0.3, -0.25) is 9.00 Å². The summed E-state index contributed by atoms with van der Waals surface area (Å²) in [7, 11) is -0.845. The molecule has 2 rings (SSSR count). The molecule has 0 aliphatic carbocycles. The molecule has 1 aliphatic rings. The highest BCUT2D eigenvalue weighted by Crippen LogP contribution is 2.28. The Labute approximate surface area is 122 Å². The van der Waals surface area contributed by atoms with E-state index in [1.165, 1.54) is 0 Å². The lowest BCUT2D eigenvalue weighted by molar-refractivity contribution is 0.0954. The van der Waals surface area contributed by atoms with E-state index in [-0.39, 0.29) is 11.2 Å². The van der Waals surface area contributed by atoms with Crippen molar-refractivity contribution in [2.24, 2.45) is 0 Å². The van der Waals surface area contributed by atoms with Crippen LogP contribution in [0, 0.1) is 0 Å².